The Balaban J connectivity index is 3.56. The zero-order valence-corrected chi connectivity index (χ0v) is 10.9. The van der Waals surface area contributed by atoms with Crippen LogP contribution in [0.25, 0.3) is 12.2 Å². The van der Waals surface area contributed by atoms with Crippen LogP contribution >= 0.6 is 0 Å². The lowest BCUT2D eigenvalue weighted by atomic mass is 9.80. The van der Waals surface area contributed by atoms with Crippen LogP contribution in [0.2, 0.25) is 0 Å². The van der Waals surface area contributed by atoms with Gasteiger partial charge in [-0.1, -0.05) is 65.1 Å². The van der Waals surface area contributed by atoms with Crippen LogP contribution in [0.5, 0.6) is 0 Å². The van der Waals surface area contributed by atoms with Gasteiger partial charge < -0.3 is 0 Å². The monoisotopic (exact) mass is 214 g/mol. The summed E-state index contributed by atoms with van der Waals surface area (Å²) in [4.78, 5) is 0. The third-order valence-electron chi connectivity index (χ3n) is 2.97. The molecule has 1 rings (SSSR count). The Hall–Kier alpha value is -1.30. The molecule has 0 nitrogen and oxygen atoms in total. The van der Waals surface area contributed by atoms with E-state index in [4.69, 9.17) is 0 Å². The van der Waals surface area contributed by atoms with Gasteiger partial charge in [-0.15, -0.1) is 0 Å². The highest BCUT2D eigenvalue weighted by Crippen LogP contribution is 2.31. The van der Waals surface area contributed by atoms with Gasteiger partial charge in [-0.2, -0.15) is 0 Å². The molecule has 0 aliphatic carbocycles. The molecule has 0 radical (unpaired) electrons. The van der Waals surface area contributed by atoms with E-state index in [-0.39, 0.29) is 5.41 Å². The molecule has 0 heteroatoms. The summed E-state index contributed by atoms with van der Waals surface area (Å²) in [5.74, 6) is 0. The van der Waals surface area contributed by atoms with Crippen LogP contribution in [0.15, 0.2) is 25.3 Å². The largest absolute Gasteiger partial charge is 0.0984 e. The number of rotatable bonds is 3. The van der Waals surface area contributed by atoms with E-state index in [1.807, 2.05) is 12.2 Å². The van der Waals surface area contributed by atoms with Crippen LogP contribution in [0, 0.1) is 0 Å². The molecule has 0 saturated carbocycles. The Labute approximate surface area is 99.7 Å². The quantitative estimate of drug-likeness (QED) is 0.676. The van der Waals surface area contributed by atoms with Gasteiger partial charge in [-0.3, -0.25) is 0 Å². The molecule has 0 aliphatic rings. The second-order valence-electron chi connectivity index (χ2n) is 5.11. The second-order valence-corrected chi connectivity index (χ2v) is 5.11. The van der Waals surface area contributed by atoms with Crippen molar-refractivity contribution in [2.24, 2.45) is 0 Å². The predicted molar refractivity (Wildman–Crippen MR) is 74.7 cm³/mol. The van der Waals surface area contributed by atoms with E-state index in [2.05, 4.69) is 53.0 Å². The Morgan fingerprint density at radius 1 is 1.06 bits per heavy atom. The summed E-state index contributed by atoms with van der Waals surface area (Å²) in [5.41, 5.74) is 5.31. The van der Waals surface area contributed by atoms with E-state index in [1.165, 1.54) is 22.3 Å². The number of benzene rings is 1. The van der Waals surface area contributed by atoms with Gasteiger partial charge in [-0.25, -0.2) is 0 Å². The molecule has 86 valence electrons. The molecule has 0 bridgehead atoms. The molecule has 0 aromatic heterocycles. The zero-order valence-electron chi connectivity index (χ0n) is 10.9. The van der Waals surface area contributed by atoms with Crippen LogP contribution < -0.4 is 0 Å². The van der Waals surface area contributed by atoms with Crippen molar-refractivity contribution in [1.82, 2.24) is 0 Å². The van der Waals surface area contributed by atoms with Gasteiger partial charge in [0.1, 0.15) is 0 Å². The van der Waals surface area contributed by atoms with Crippen molar-refractivity contribution < 1.29 is 0 Å². The summed E-state index contributed by atoms with van der Waals surface area (Å²) >= 11 is 0. The average molecular weight is 214 g/mol. The minimum absolute atomic E-state index is 0.146. The van der Waals surface area contributed by atoms with E-state index in [0.29, 0.717) is 0 Å². The Kier molecular flexibility index (Phi) is 3.74. The van der Waals surface area contributed by atoms with E-state index in [1.54, 1.807) is 0 Å². The molecule has 1 aromatic rings. The lowest BCUT2D eigenvalue weighted by Gasteiger charge is -2.24. The first kappa shape index (κ1) is 12.8. The van der Waals surface area contributed by atoms with Gasteiger partial charge >= 0.3 is 0 Å². The minimum atomic E-state index is 0.146. The zero-order chi connectivity index (χ0) is 12.3. The molecule has 16 heavy (non-hydrogen) atoms. The molecule has 0 aliphatic heterocycles. The van der Waals surface area contributed by atoms with Crippen molar-refractivity contribution in [3.63, 3.8) is 0 Å². The fourth-order valence-corrected chi connectivity index (χ4v) is 2.10. The summed E-state index contributed by atoms with van der Waals surface area (Å²) in [7, 11) is 0. The Morgan fingerprint density at radius 3 is 2.00 bits per heavy atom. The summed E-state index contributed by atoms with van der Waals surface area (Å²) in [6, 6.07) is 4.44. The Morgan fingerprint density at radius 2 is 1.62 bits per heavy atom. The SMILES string of the molecule is C=Cc1c(CC)ccc(C(C)(C)C)c1C=C. The van der Waals surface area contributed by atoms with Gasteiger partial charge in [0, 0.05) is 0 Å². The molecule has 0 N–H and O–H groups in total. The van der Waals surface area contributed by atoms with E-state index in [0.717, 1.165) is 6.42 Å². The Bertz CT molecular complexity index is 403. The topological polar surface area (TPSA) is 0 Å². The maximum absolute atomic E-state index is 3.94. The van der Waals surface area contributed by atoms with Gasteiger partial charge in [-0.05, 0) is 34.1 Å². The maximum atomic E-state index is 3.94. The van der Waals surface area contributed by atoms with Crippen molar-refractivity contribution in [1.29, 1.82) is 0 Å². The standard InChI is InChI=1S/C16H22/c1-7-12-10-11-15(16(4,5)6)14(9-3)13(12)8-2/h8-11H,2-3,7H2,1,4-6H3. The summed E-state index contributed by atoms with van der Waals surface area (Å²) in [6.07, 6.45) is 4.94. The fourth-order valence-electron chi connectivity index (χ4n) is 2.10. The summed E-state index contributed by atoms with van der Waals surface area (Å²) in [5, 5.41) is 0. The molecule has 0 amide bonds. The molecular formula is C16H22. The second kappa shape index (κ2) is 4.69. The van der Waals surface area contributed by atoms with Crippen molar-refractivity contribution >= 4 is 12.2 Å². The smallest absolute Gasteiger partial charge is 0.0126 e. The molecular weight excluding hydrogens is 192 g/mol. The maximum Gasteiger partial charge on any atom is -0.0126 e. The first-order chi connectivity index (χ1) is 7.45. The average Bonchev–Trinajstić information content (AvgIpc) is 2.25. The molecule has 1 aromatic carbocycles. The van der Waals surface area contributed by atoms with Gasteiger partial charge in [0.15, 0.2) is 0 Å². The van der Waals surface area contributed by atoms with Crippen LogP contribution in [-0.4, -0.2) is 0 Å². The van der Waals surface area contributed by atoms with Crippen LogP contribution in [-0.2, 0) is 11.8 Å². The fraction of sp³-hybridized carbons (Fsp3) is 0.375. The lowest BCUT2D eigenvalue weighted by Crippen LogP contribution is -2.14. The normalized spacial score (nSPS) is 11.2. The first-order valence-electron chi connectivity index (χ1n) is 5.87. The highest BCUT2D eigenvalue weighted by molar-refractivity contribution is 5.70. The van der Waals surface area contributed by atoms with Gasteiger partial charge in [0.25, 0.3) is 0 Å². The summed E-state index contributed by atoms with van der Waals surface area (Å²) in [6.45, 7) is 16.7. The molecule has 0 heterocycles. The highest BCUT2D eigenvalue weighted by Gasteiger charge is 2.19. The van der Waals surface area contributed by atoms with Crippen LogP contribution in [0.4, 0.5) is 0 Å². The number of hydrogen-bond acceptors (Lipinski definition) is 0. The van der Waals surface area contributed by atoms with Crippen molar-refractivity contribution in [3.8, 4) is 0 Å². The summed E-state index contributed by atoms with van der Waals surface area (Å²) < 4.78 is 0. The molecule has 0 fully saturated rings. The highest BCUT2D eigenvalue weighted by atomic mass is 14.2. The molecule has 0 spiro atoms. The molecule has 0 atom stereocenters. The number of hydrogen-bond donors (Lipinski definition) is 0. The van der Waals surface area contributed by atoms with Gasteiger partial charge in [0.2, 0.25) is 0 Å². The third kappa shape index (κ3) is 2.27. The van der Waals surface area contributed by atoms with Crippen LogP contribution in [0.3, 0.4) is 0 Å². The minimum Gasteiger partial charge on any atom is -0.0984 e. The van der Waals surface area contributed by atoms with Gasteiger partial charge in [0.05, 0.1) is 0 Å². The van der Waals surface area contributed by atoms with E-state index in [9.17, 15) is 0 Å². The molecule has 0 saturated heterocycles. The van der Waals surface area contributed by atoms with Crippen molar-refractivity contribution in [3.05, 3.63) is 47.5 Å². The first-order valence-corrected chi connectivity index (χ1v) is 5.87. The van der Waals surface area contributed by atoms with Crippen LogP contribution in [0.1, 0.15) is 49.9 Å². The number of aryl methyl sites for hydroxylation is 1. The van der Waals surface area contributed by atoms with E-state index >= 15 is 0 Å². The predicted octanol–water partition coefficient (Wildman–Crippen LogP) is 4.83. The third-order valence-corrected chi connectivity index (χ3v) is 2.97. The van der Waals surface area contributed by atoms with Crippen molar-refractivity contribution in [2.75, 3.05) is 0 Å². The van der Waals surface area contributed by atoms with Crippen molar-refractivity contribution in [2.45, 2.75) is 39.5 Å². The van der Waals surface area contributed by atoms with E-state index < -0.39 is 0 Å². The lowest BCUT2D eigenvalue weighted by molar-refractivity contribution is 0.588. The molecule has 0 unspecified atom stereocenters.